The van der Waals surface area contributed by atoms with Gasteiger partial charge in [-0.15, -0.1) is 11.3 Å². The average molecular weight is 489 g/mol. The van der Waals surface area contributed by atoms with Crippen LogP contribution in [0.1, 0.15) is 34.1 Å². The van der Waals surface area contributed by atoms with Crippen LogP contribution in [-0.4, -0.2) is 38.0 Å². The van der Waals surface area contributed by atoms with Crippen LogP contribution in [0.4, 0.5) is 13.8 Å². The Kier molecular flexibility index (Phi) is 8.31. The summed E-state index contributed by atoms with van der Waals surface area (Å²) in [4.78, 5) is 37.2. The molecule has 3 aromatic rings. The summed E-state index contributed by atoms with van der Waals surface area (Å²) in [5, 5.41) is 7.14. The average Bonchev–Trinajstić information content (AvgIpc) is 3.22. The largest absolute Gasteiger partial charge is 0.497 e. The second-order valence-electron chi connectivity index (χ2n) is 6.98. The third-order valence-corrected chi connectivity index (χ3v) is 5.63. The molecule has 0 radical (unpaired) electrons. The third-order valence-electron chi connectivity index (χ3n) is 4.74. The molecule has 0 bridgehead atoms. The van der Waals surface area contributed by atoms with Crippen molar-refractivity contribution < 1.29 is 32.6 Å². The summed E-state index contributed by atoms with van der Waals surface area (Å²) in [7, 11) is 1.55. The molecule has 2 N–H and O–H groups in total. The van der Waals surface area contributed by atoms with Crippen LogP contribution in [0.5, 0.6) is 5.75 Å². The van der Waals surface area contributed by atoms with E-state index >= 15 is 0 Å². The van der Waals surface area contributed by atoms with Crippen LogP contribution >= 0.6 is 11.3 Å². The number of halogens is 2. The molecule has 178 valence electrons. The highest BCUT2D eigenvalue weighted by Crippen LogP contribution is 2.37. The maximum absolute atomic E-state index is 13.7. The van der Waals surface area contributed by atoms with Gasteiger partial charge in [0.05, 0.1) is 19.3 Å². The zero-order valence-electron chi connectivity index (χ0n) is 18.4. The summed E-state index contributed by atoms with van der Waals surface area (Å²) in [5.74, 6) is -2.94. The second kappa shape index (κ2) is 11.4. The molecular formula is C24H22F2N2O5S. The number of carbonyl (C=O) groups excluding carboxylic acids is 3. The predicted octanol–water partition coefficient (Wildman–Crippen LogP) is 4.64. The Bertz CT molecular complexity index is 1190. The SMILES string of the molecule is CCOC(=O)c1c(-c2ccc(OC)cc2)csc1NC(=O)CCNC(=O)c1ccc(F)cc1F. The summed E-state index contributed by atoms with van der Waals surface area (Å²) in [6.45, 7) is 1.76. The number of esters is 1. The number of nitrogens with one attached hydrogen (secondary N) is 2. The number of thiophene rings is 1. The van der Waals surface area contributed by atoms with Crippen LogP contribution < -0.4 is 15.4 Å². The number of rotatable bonds is 9. The molecule has 2 aromatic carbocycles. The fourth-order valence-corrected chi connectivity index (χ4v) is 4.06. The maximum Gasteiger partial charge on any atom is 0.341 e. The molecule has 34 heavy (non-hydrogen) atoms. The van der Waals surface area contributed by atoms with Crippen molar-refractivity contribution in [1.82, 2.24) is 5.32 Å². The lowest BCUT2D eigenvalue weighted by molar-refractivity contribution is -0.116. The standard InChI is InChI=1S/C24H22F2N2O5S/c1-3-33-24(31)21-18(14-4-7-16(32-2)8-5-14)13-34-23(21)28-20(29)10-11-27-22(30)17-9-6-15(25)12-19(17)26/h4-9,12-13H,3,10-11H2,1-2H3,(H,27,30)(H,28,29). The number of methoxy groups -OCH3 is 1. The lowest BCUT2D eigenvalue weighted by Crippen LogP contribution is -2.28. The first-order chi connectivity index (χ1) is 16.3. The summed E-state index contributed by atoms with van der Waals surface area (Å²) in [5.41, 5.74) is 1.24. The molecule has 0 aliphatic carbocycles. The minimum Gasteiger partial charge on any atom is -0.497 e. The molecule has 2 amide bonds. The number of amides is 2. The lowest BCUT2D eigenvalue weighted by Gasteiger charge is -2.10. The van der Waals surface area contributed by atoms with Gasteiger partial charge in [0.15, 0.2) is 0 Å². The molecule has 1 heterocycles. The molecule has 0 unspecified atom stereocenters. The van der Waals surface area contributed by atoms with Crippen LogP contribution in [0.2, 0.25) is 0 Å². The van der Waals surface area contributed by atoms with Gasteiger partial charge in [-0.25, -0.2) is 13.6 Å². The molecule has 0 atom stereocenters. The van der Waals surface area contributed by atoms with Crippen molar-refractivity contribution in [2.45, 2.75) is 13.3 Å². The highest BCUT2D eigenvalue weighted by molar-refractivity contribution is 7.15. The van der Waals surface area contributed by atoms with E-state index in [9.17, 15) is 23.2 Å². The van der Waals surface area contributed by atoms with Crippen LogP contribution in [-0.2, 0) is 9.53 Å². The van der Waals surface area contributed by atoms with Gasteiger partial charge in [-0.05, 0) is 36.8 Å². The van der Waals surface area contributed by atoms with E-state index in [1.807, 2.05) is 0 Å². The van der Waals surface area contributed by atoms with Crippen molar-refractivity contribution >= 4 is 34.1 Å². The Balaban J connectivity index is 1.68. The van der Waals surface area contributed by atoms with E-state index in [1.165, 1.54) is 11.3 Å². The van der Waals surface area contributed by atoms with Gasteiger partial charge in [-0.1, -0.05) is 12.1 Å². The van der Waals surface area contributed by atoms with E-state index in [2.05, 4.69) is 10.6 Å². The van der Waals surface area contributed by atoms with E-state index in [4.69, 9.17) is 9.47 Å². The molecule has 0 aliphatic rings. The van der Waals surface area contributed by atoms with Gasteiger partial charge in [0.2, 0.25) is 5.91 Å². The highest BCUT2D eigenvalue weighted by Gasteiger charge is 2.23. The molecule has 0 saturated heterocycles. The fraction of sp³-hybridized carbons (Fsp3) is 0.208. The molecule has 1 aromatic heterocycles. The maximum atomic E-state index is 13.7. The molecular weight excluding hydrogens is 466 g/mol. The molecule has 3 rings (SSSR count). The van der Waals surface area contributed by atoms with E-state index < -0.39 is 29.4 Å². The number of ether oxygens (including phenoxy) is 2. The van der Waals surface area contributed by atoms with E-state index in [0.717, 1.165) is 17.7 Å². The van der Waals surface area contributed by atoms with Gasteiger partial charge < -0.3 is 20.1 Å². The van der Waals surface area contributed by atoms with Crippen molar-refractivity contribution in [3.8, 4) is 16.9 Å². The molecule has 7 nitrogen and oxygen atoms in total. The van der Waals surface area contributed by atoms with Gasteiger partial charge in [0, 0.05) is 30.0 Å². The van der Waals surface area contributed by atoms with Crippen molar-refractivity contribution in [2.24, 2.45) is 0 Å². The minimum atomic E-state index is -0.995. The fourth-order valence-electron chi connectivity index (χ4n) is 3.09. The highest BCUT2D eigenvalue weighted by atomic mass is 32.1. The lowest BCUT2D eigenvalue weighted by atomic mass is 10.0. The molecule has 0 aliphatic heterocycles. The Morgan fingerprint density at radius 1 is 1.06 bits per heavy atom. The number of hydrogen-bond donors (Lipinski definition) is 2. The van der Waals surface area contributed by atoms with Crippen molar-refractivity contribution in [1.29, 1.82) is 0 Å². The van der Waals surface area contributed by atoms with Gasteiger partial charge in [-0.3, -0.25) is 9.59 Å². The molecule has 0 spiro atoms. The van der Waals surface area contributed by atoms with Gasteiger partial charge >= 0.3 is 5.97 Å². The Labute approximate surface area is 198 Å². The van der Waals surface area contributed by atoms with Gasteiger partial charge in [0.25, 0.3) is 5.91 Å². The third kappa shape index (κ3) is 5.96. The first kappa shape index (κ1) is 24.8. The Hall–Kier alpha value is -3.79. The monoisotopic (exact) mass is 488 g/mol. The van der Waals surface area contributed by atoms with Crippen molar-refractivity contribution in [3.63, 3.8) is 0 Å². The van der Waals surface area contributed by atoms with E-state index in [1.54, 1.807) is 43.7 Å². The molecule has 0 fully saturated rings. The first-order valence-electron chi connectivity index (χ1n) is 10.3. The van der Waals surface area contributed by atoms with Crippen LogP contribution in [0.25, 0.3) is 11.1 Å². The number of carbonyl (C=O) groups is 3. The topological polar surface area (TPSA) is 93.7 Å². The summed E-state index contributed by atoms with van der Waals surface area (Å²) >= 11 is 1.17. The van der Waals surface area contributed by atoms with Crippen LogP contribution in [0.3, 0.4) is 0 Å². The summed E-state index contributed by atoms with van der Waals surface area (Å²) in [6, 6.07) is 9.70. The Morgan fingerprint density at radius 2 is 1.79 bits per heavy atom. The molecule has 10 heteroatoms. The smallest absolute Gasteiger partial charge is 0.341 e. The number of benzene rings is 2. The minimum absolute atomic E-state index is 0.0903. The van der Waals surface area contributed by atoms with Crippen molar-refractivity contribution in [2.75, 3.05) is 25.6 Å². The van der Waals surface area contributed by atoms with Gasteiger partial charge in [-0.2, -0.15) is 0 Å². The van der Waals surface area contributed by atoms with Gasteiger partial charge in [0.1, 0.15) is 27.9 Å². The van der Waals surface area contributed by atoms with Crippen LogP contribution in [0.15, 0.2) is 47.8 Å². The van der Waals surface area contributed by atoms with Crippen molar-refractivity contribution in [3.05, 3.63) is 70.6 Å². The zero-order valence-corrected chi connectivity index (χ0v) is 19.3. The summed E-state index contributed by atoms with van der Waals surface area (Å²) < 4.78 is 37.0. The number of hydrogen-bond acceptors (Lipinski definition) is 6. The van der Waals surface area contributed by atoms with E-state index in [-0.39, 0.29) is 30.7 Å². The second-order valence-corrected chi connectivity index (χ2v) is 7.86. The Morgan fingerprint density at radius 3 is 2.44 bits per heavy atom. The summed E-state index contributed by atoms with van der Waals surface area (Å²) in [6.07, 6.45) is -0.132. The predicted molar refractivity (Wildman–Crippen MR) is 124 cm³/mol. The number of anilines is 1. The quantitative estimate of drug-likeness (QED) is 0.428. The normalized spacial score (nSPS) is 10.5. The zero-order chi connectivity index (χ0) is 24.7. The van der Waals surface area contributed by atoms with Crippen LogP contribution in [0, 0.1) is 11.6 Å². The van der Waals surface area contributed by atoms with E-state index in [0.29, 0.717) is 22.4 Å². The first-order valence-corrected chi connectivity index (χ1v) is 11.2. The molecule has 0 saturated carbocycles.